The van der Waals surface area contributed by atoms with E-state index in [1.165, 1.54) is 0 Å². The van der Waals surface area contributed by atoms with E-state index in [0.29, 0.717) is 27.6 Å². The first-order valence-corrected chi connectivity index (χ1v) is 9.60. The van der Waals surface area contributed by atoms with Crippen LogP contribution in [0.4, 0.5) is 0 Å². The Bertz CT molecular complexity index is 652. The molecule has 2 N–H and O–H groups in total. The van der Waals surface area contributed by atoms with Gasteiger partial charge in [-0.05, 0) is 18.6 Å². The summed E-state index contributed by atoms with van der Waals surface area (Å²) >= 11 is 1.60. The van der Waals surface area contributed by atoms with Crippen molar-refractivity contribution in [2.75, 3.05) is 11.7 Å². The van der Waals surface area contributed by atoms with E-state index in [4.69, 9.17) is 5.11 Å². The van der Waals surface area contributed by atoms with Crippen molar-refractivity contribution in [2.24, 2.45) is 0 Å². The molecule has 0 saturated heterocycles. The Morgan fingerprint density at radius 3 is 2.82 bits per heavy atom. The van der Waals surface area contributed by atoms with Crippen LogP contribution in [0.15, 0.2) is 41.4 Å². The quantitative estimate of drug-likeness (QED) is 0.438. The summed E-state index contributed by atoms with van der Waals surface area (Å²) in [6, 6.07) is 12.0. The first kappa shape index (κ1) is 17.2. The van der Waals surface area contributed by atoms with Crippen LogP contribution >= 0.6 is 20.3 Å². The first-order chi connectivity index (χ1) is 10.5. The predicted molar refractivity (Wildman–Crippen MR) is 93.1 cm³/mol. The highest BCUT2D eigenvalue weighted by molar-refractivity contribution is 8.03. The molecule has 1 aromatic heterocycles. The maximum Gasteiger partial charge on any atom is 0.336 e. The lowest BCUT2D eigenvalue weighted by atomic mass is 10.0. The van der Waals surface area contributed by atoms with Gasteiger partial charge in [-0.3, -0.25) is 0 Å². The zero-order valence-corrected chi connectivity index (χ0v) is 14.3. The molecule has 118 valence electrons. The van der Waals surface area contributed by atoms with Crippen molar-refractivity contribution in [1.82, 2.24) is 4.98 Å². The molecule has 1 heterocycles. The summed E-state index contributed by atoms with van der Waals surface area (Å²) in [4.78, 5) is 15.7. The molecule has 0 radical (unpaired) electrons. The zero-order valence-electron chi connectivity index (χ0n) is 12.5. The lowest BCUT2D eigenvalue weighted by Gasteiger charge is -2.22. The highest BCUT2D eigenvalue weighted by atomic mass is 32.2. The van der Waals surface area contributed by atoms with Gasteiger partial charge in [0.15, 0.2) is 5.60 Å². The molecule has 0 bridgehead atoms. The summed E-state index contributed by atoms with van der Waals surface area (Å²) in [6.07, 6.45) is 1.26. The van der Waals surface area contributed by atoms with E-state index < -0.39 is 11.6 Å². The third kappa shape index (κ3) is 4.42. The lowest BCUT2D eigenvalue weighted by Crippen LogP contribution is -2.40. The van der Waals surface area contributed by atoms with Gasteiger partial charge in [-0.2, -0.15) is 0 Å². The summed E-state index contributed by atoms with van der Waals surface area (Å²) in [7, 11) is 0.381. The van der Waals surface area contributed by atoms with Crippen molar-refractivity contribution in [3.63, 3.8) is 0 Å². The highest BCUT2D eigenvalue weighted by Crippen LogP contribution is 2.30. The van der Waals surface area contributed by atoms with Crippen LogP contribution in [0.3, 0.4) is 0 Å². The molecule has 0 spiro atoms. The lowest BCUT2D eigenvalue weighted by molar-refractivity contribution is -0.156. The Morgan fingerprint density at radius 2 is 2.09 bits per heavy atom. The first-order valence-electron chi connectivity index (χ1n) is 7.20. The molecule has 0 aliphatic rings. The van der Waals surface area contributed by atoms with Gasteiger partial charge >= 0.3 is 5.97 Å². The average Bonchev–Trinajstić information content (AvgIpc) is 2.51. The van der Waals surface area contributed by atoms with Crippen LogP contribution < -0.4 is 0 Å². The van der Waals surface area contributed by atoms with Gasteiger partial charge in [-0.1, -0.05) is 37.6 Å². The maximum atomic E-state index is 11.2. The van der Waals surface area contributed by atoms with Crippen LogP contribution in [0.2, 0.25) is 0 Å². The van der Waals surface area contributed by atoms with Crippen LogP contribution in [-0.2, 0) is 4.79 Å². The molecule has 0 saturated carbocycles. The fourth-order valence-corrected chi connectivity index (χ4v) is 4.67. The van der Waals surface area contributed by atoms with Gasteiger partial charge in [0.2, 0.25) is 0 Å². The van der Waals surface area contributed by atoms with Gasteiger partial charge in [0.25, 0.3) is 0 Å². The second kappa shape index (κ2) is 7.91. The Kier molecular flexibility index (Phi) is 6.18. The third-order valence-corrected chi connectivity index (χ3v) is 6.13. The number of pyridine rings is 1. The van der Waals surface area contributed by atoms with Crippen LogP contribution in [0.5, 0.6) is 0 Å². The Hall–Kier alpha value is -1.16. The second-order valence-corrected chi connectivity index (χ2v) is 7.86. The molecule has 0 aliphatic carbocycles. The number of aromatic nitrogens is 1. The van der Waals surface area contributed by atoms with Crippen molar-refractivity contribution in [1.29, 1.82) is 0 Å². The van der Waals surface area contributed by atoms with Crippen molar-refractivity contribution >= 4 is 37.2 Å². The highest BCUT2D eigenvalue weighted by Gasteiger charge is 2.34. The number of carbonyl (C=O) groups is 1. The number of para-hydroxylation sites is 1. The number of hydrogen-bond acceptors (Lipinski definition) is 4. The van der Waals surface area contributed by atoms with Crippen LogP contribution in [0.1, 0.15) is 19.8 Å². The van der Waals surface area contributed by atoms with Gasteiger partial charge in [0.05, 0.1) is 10.5 Å². The number of carboxylic acid groups (broad SMARTS) is 1. The Balaban J connectivity index is 1.88. The standard InChI is InChI=1S/C16H20NO3PS/c1-2-9-16(20,15(18)19)10-21-11-22-14-8-7-12-5-3-4-6-13(12)17-14/h3-8,20-21H,2,9-11H2,1H3,(H,18,19). The number of hydrogen-bond donors (Lipinski definition) is 2. The summed E-state index contributed by atoms with van der Waals surface area (Å²) in [6.45, 7) is 1.88. The predicted octanol–water partition coefficient (Wildman–Crippen LogP) is 3.58. The van der Waals surface area contributed by atoms with Crippen molar-refractivity contribution in [2.45, 2.75) is 30.4 Å². The van der Waals surface area contributed by atoms with Crippen LogP contribution in [-0.4, -0.2) is 38.4 Å². The van der Waals surface area contributed by atoms with E-state index in [2.05, 4.69) is 4.98 Å². The molecule has 4 nitrogen and oxygen atoms in total. The van der Waals surface area contributed by atoms with E-state index in [1.807, 2.05) is 43.3 Å². The SMILES string of the molecule is CCCC(O)(CPCSc1ccc2ccccc2n1)C(=O)O. The number of rotatable bonds is 8. The Morgan fingerprint density at radius 1 is 1.32 bits per heavy atom. The average molecular weight is 337 g/mol. The number of thioether (sulfide) groups is 1. The number of nitrogens with zero attached hydrogens (tertiary/aromatic N) is 1. The number of aliphatic hydroxyl groups is 1. The molecule has 0 amide bonds. The molecule has 0 fully saturated rings. The molecular formula is C16H20NO3PS. The normalized spacial score (nSPS) is 14.5. The molecule has 2 atom stereocenters. The second-order valence-electron chi connectivity index (χ2n) is 5.14. The number of fused-ring (bicyclic) bond motifs is 1. The van der Waals surface area contributed by atoms with Gasteiger partial charge in [-0.25, -0.2) is 9.78 Å². The minimum Gasteiger partial charge on any atom is -0.479 e. The van der Waals surface area contributed by atoms with E-state index in [1.54, 1.807) is 11.8 Å². The Labute approximate surface area is 136 Å². The van der Waals surface area contributed by atoms with Gasteiger partial charge in [-0.15, -0.1) is 20.3 Å². The monoisotopic (exact) mass is 337 g/mol. The van der Waals surface area contributed by atoms with Gasteiger partial charge in [0, 0.05) is 17.0 Å². The number of aliphatic carboxylic acids is 1. The molecule has 1 aromatic carbocycles. The summed E-state index contributed by atoms with van der Waals surface area (Å²) in [5.41, 5.74) is 0.152. The third-order valence-electron chi connectivity index (χ3n) is 3.37. The topological polar surface area (TPSA) is 70.4 Å². The number of carboxylic acids is 1. The molecule has 2 aromatic rings. The number of benzene rings is 1. The zero-order chi connectivity index (χ0) is 16.0. The molecule has 2 unspecified atom stereocenters. The fraction of sp³-hybridized carbons (Fsp3) is 0.375. The fourth-order valence-electron chi connectivity index (χ4n) is 2.20. The molecular weight excluding hydrogens is 317 g/mol. The minimum absolute atomic E-state index is 0.300. The van der Waals surface area contributed by atoms with E-state index in [-0.39, 0.29) is 0 Å². The van der Waals surface area contributed by atoms with E-state index in [0.717, 1.165) is 21.4 Å². The molecule has 0 aliphatic heterocycles. The van der Waals surface area contributed by atoms with Crippen LogP contribution in [0, 0.1) is 0 Å². The maximum absolute atomic E-state index is 11.2. The molecule has 2 rings (SSSR count). The van der Waals surface area contributed by atoms with Crippen molar-refractivity contribution < 1.29 is 15.0 Å². The molecule has 6 heteroatoms. The summed E-state index contributed by atoms with van der Waals surface area (Å²) < 4.78 is 0. The largest absolute Gasteiger partial charge is 0.479 e. The summed E-state index contributed by atoms with van der Waals surface area (Å²) in [5.74, 6) is -1.12. The van der Waals surface area contributed by atoms with E-state index >= 15 is 0 Å². The minimum atomic E-state index is -1.58. The van der Waals surface area contributed by atoms with Gasteiger partial charge in [0.1, 0.15) is 0 Å². The smallest absolute Gasteiger partial charge is 0.336 e. The molecule has 22 heavy (non-hydrogen) atoms. The van der Waals surface area contributed by atoms with Crippen LogP contribution in [0.25, 0.3) is 10.9 Å². The van der Waals surface area contributed by atoms with Crippen molar-refractivity contribution in [3.8, 4) is 0 Å². The van der Waals surface area contributed by atoms with Gasteiger partial charge < -0.3 is 10.2 Å². The van der Waals surface area contributed by atoms with Crippen molar-refractivity contribution in [3.05, 3.63) is 36.4 Å². The summed E-state index contributed by atoms with van der Waals surface area (Å²) in [5, 5.41) is 21.3. The van der Waals surface area contributed by atoms with E-state index in [9.17, 15) is 9.90 Å².